The summed E-state index contributed by atoms with van der Waals surface area (Å²) >= 11 is 17.8. The third-order valence-electron chi connectivity index (χ3n) is 2.51. The number of hydrogen-bond donors (Lipinski definition) is 0. The van der Waals surface area contributed by atoms with Crippen LogP contribution >= 0.6 is 34.8 Å². The molecule has 0 saturated carbocycles. The van der Waals surface area contributed by atoms with Gasteiger partial charge in [0.05, 0.1) is 10.0 Å². The molecule has 0 aliphatic carbocycles. The van der Waals surface area contributed by atoms with Crippen molar-refractivity contribution in [3.05, 3.63) is 68.7 Å². The van der Waals surface area contributed by atoms with E-state index in [0.717, 1.165) is 5.56 Å². The molecule has 0 aliphatic heterocycles. The lowest BCUT2D eigenvalue weighted by Crippen LogP contribution is -2.04. The number of carbonyl (C=O) groups is 1. The van der Waals surface area contributed by atoms with Crippen molar-refractivity contribution in [2.45, 2.75) is 6.42 Å². The minimum absolute atomic E-state index is 0.0789. The van der Waals surface area contributed by atoms with Gasteiger partial charge >= 0.3 is 0 Å². The Morgan fingerprint density at radius 2 is 1.72 bits per heavy atom. The van der Waals surface area contributed by atoms with Gasteiger partial charge in [-0.2, -0.15) is 0 Å². The summed E-state index contributed by atoms with van der Waals surface area (Å²) in [7, 11) is 0. The molecule has 0 saturated heterocycles. The first kappa shape index (κ1) is 13.4. The molecule has 18 heavy (non-hydrogen) atoms. The van der Waals surface area contributed by atoms with Crippen LogP contribution in [0.25, 0.3) is 0 Å². The molecule has 2 aromatic carbocycles. The molecular weight excluding hydrogens is 291 g/mol. The molecule has 0 aromatic heterocycles. The van der Waals surface area contributed by atoms with Crippen molar-refractivity contribution in [1.29, 1.82) is 0 Å². The van der Waals surface area contributed by atoms with E-state index >= 15 is 0 Å². The summed E-state index contributed by atoms with van der Waals surface area (Å²) in [5, 5.41) is 1.29. The standard InChI is InChI=1S/C14H9Cl3O/c15-10-4-1-3-9(7-10)8-13(18)11-5-2-6-12(16)14(11)17/h1-7H,8H2. The van der Waals surface area contributed by atoms with Crippen LogP contribution in [0, 0.1) is 0 Å². The van der Waals surface area contributed by atoms with Gasteiger partial charge in [0.25, 0.3) is 0 Å². The summed E-state index contributed by atoms with van der Waals surface area (Å²) in [6.07, 6.45) is 0.251. The fraction of sp³-hybridized carbons (Fsp3) is 0.0714. The SMILES string of the molecule is O=C(Cc1cccc(Cl)c1)c1cccc(Cl)c1Cl. The number of benzene rings is 2. The minimum atomic E-state index is -0.0789. The van der Waals surface area contributed by atoms with Crippen molar-refractivity contribution >= 4 is 40.6 Å². The zero-order valence-corrected chi connectivity index (χ0v) is 11.6. The van der Waals surface area contributed by atoms with Crippen molar-refractivity contribution in [2.75, 3.05) is 0 Å². The van der Waals surface area contributed by atoms with Crippen molar-refractivity contribution in [2.24, 2.45) is 0 Å². The molecule has 0 atom stereocenters. The molecule has 2 aromatic rings. The van der Waals surface area contributed by atoms with Gasteiger partial charge in [-0.25, -0.2) is 0 Å². The van der Waals surface area contributed by atoms with Crippen LogP contribution in [0.15, 0.2) is 42.5 Å². The Balaban J connectivity index is 2.25. The van der Waals surface area contributed by atoms with Crippen molar-refractivity contribution in [1.82, 2.24) is 0 Å². The molecule has 0 unspecified atom stereocenters. The Hall–Kier alpha value is -1.02. The van der Waals surface area contributed by atoms with Crippen LogP contribution in [0.2, 0.25) is 15.1 Å². The van der Waals surface area contributed by atoms with Crippen molar-refractivity contribution < 1.29 is 4.79 Å². The number of ketones is 1. The number of hydrogen-bond acceptors (Lipinski definition) is 1. The molecule has 0 aliphatic rings. The highest BCUT2D eigenvalue weighted by Gasteiger charge is 2.13. The van der Waals surface area contributed by atoms with E-state index in [4.69, 9.17) is 34.8 Å². The van der Waals surface area contributed by atoms with Gasteiger partial charge in [-0.05, 0) is 29.8 Å². The maximum absolute atomic E-state index is 12.1. The van der Waals surface area contributed by atoms with Crippen molar-refractivity contribution in [3.8, 4) is 0 Å². The number of Topliss-reactive ketones (excluding diaryl/α,β-unsaturated/α-hetero) is 1. The number of rotatable bonds is 3. The van der Waals surface area contributed by atoms with Crippen LogP contribution in [0.4, 0.5) is 0 Å². The van der Waals surface area contributed by atoms with E-state index in [2.05, 4.69) is 0 Å². The van der Waals surface area contributed by atoms with Crippen molar-refractivity contribution in [3.63, 3.8) is 0 Å². The molecule has 4 heteroatoms. The molecule has 0 fully saturated rings. The molecule has 0 radical (unpaired) electrons. The van der Waals surface area contributed by atoms with E-state index in [0.29, 0.717) is 20.6 Å². The summed E-state index contributed by atoms with van der Waals surface area (Å²) < 4.78 is 0. The number of halogens is 3. The van der Waals surface area contributed by atoms with Gasteiger partial charge in [-0.3, -0.25) is 4.79 Å². The average Bonchev–Trinajstić information content (AvgIpc) is 2.32. The van der Waals surface area contributed by atoms with Gasteiger partial charge < -0.3 is 0 Å². The molecule has 0 N–H and O–H groups in total. The molecule has 0 amide bonds. The maximum atomic E-state index is 12.1. The first-order valence-electron chi connectivity index (χ1n) is 5.29. The average molecular weight is 300 g/mol. The summed E-state index contributed by atoms with van der Waals surface area (Å²) in [6, 6.07) is 12.2. The van der Waals surface area contributed by atoms with E-state index in [1.807, 2.05) is 12.1 Å². The smallest absolute Gasteiger partial charge is 0.168 e. The molecule has 0 bridgehead atoms. The molecular formula is C14H9Cl3O. The minimum Gasteiger partial charge on any atom is -0.294 e. The largest absolute Gasteiger partial charge is 0.294 e. The first-order chi connectivity index (χ1) is 8.58. The van der Waals surface area contributed by atoms with Gasteiger partial charge in [0, 0.05) is 17.0 Å². The van der Waals surface area contributed by atoms with E-state index in [-0.39, 0.29) is 12.2 Å². The summed E-state index contributed by atoms with van der Waals surface area (Å²) in [6.45, 7) is 0. The first-order valence-corrected chi connectivity index (χ1v) is 6.43. The Labute approximate surface area is 120 Å². The Morgan fingerprint density at radius 1 is 1.00 bits per heavy atom. The van der Waals surface area contributed by atoms with Crippen LogP contribution < -0.4 is 0 Å². The van der Waals surface area contributed by atoms with Gasteiger partial charge in [0.2, 0.25) is 0 Å². The zero-order chi connectivity index (χ0) is 13.1. The third-order valence-corrected chi connectivity index (χ3v) is 3.56. The lowest BCUT2D eigenvalue weighted by molar-refractivity contribution is 0.0993. The lowest BCUT2D eigenvalue weighted by Gasteiger charge is -2.05. The second-order valence-electron chi connectivity index (χ2n) is 3.83. The summed E-state index contributed by atoms with van der Waals surface area (Å²) in [4.78, 5) is 12.1. The van der Waals surface area contributed by atoms with Gasteiger partial charge in [0.1, 0.15) is 0 Å². The highest BCUT2D eigenvalue weighted by Crippen LogP contribution is 2.26. The van der Waals surface area contributed by atoms with E-state index in [1.165, 1.54) is 0 Å². The Kier molecular flexibility index (Phi) is 4.28. The summed E-state index contributed by atoms with van der Waals surface area (Å²) in [5.41, 5.74) is 1.28. The normalized spacial score (nSPS) is 10.4. The second kappa shape index (κ2) is 5.75. The molecule has 2 rings (SSSR count). The Bertz CT molecular complexity index is 593. The van der Waals surface area contributed by atoms with Crippen LogP contribution in [0.5, 0.6) is 0 Å². The van der Waals surface area contributed by atoms with E-state index in [1.54, 1.807) is 30.3 Å². The fourth-order valence-electron chi connectivity index (χ4n) is 1.65. The third kappa shape index (κ3) is 3.05. The monoisotopic (exact) mass is 298 g/mol. The predicted octanol–water partition coefficient (Wildman–Crippen LogP) is 5.07. The predicted molar refractivity (Wildman–Crippen MR) is 75.9 cm³/mol. The van der Waals surface area contributed by atoms with Crippen LogP contribution in [0.3, 0.4) is 0 Å². The van der Waals surface area contributed by atoms with Crippen LogP contribution in [-0.4, -0.2) is 5.78 Å². The van der Waals surface area contributed by atoms with Gasteiger partial charge in [-0.15, -0.1) is 0 Å². The number of carbonyl (C=O) groups excluding carboxylic acids is 1. The van der Waals surface area contributed by atoms with Gasteiger partial charge in [-0.1, -0.05) is 53.0 Å². The maximum Gasteiger partial charge on any atom is 0.168 e. The Morgan fingerprint density at radius 3 is 2.44 bits per heavy atom. The second-order valence-corrected chi connectivity index (χ2v) is 5.05. The highest BCUT2D eigenvalue weighted by molar-refractivity contribution is 6.43. The van der Waals surface area contributed by atoms with E-state index < -0.39 is 0 Å². The molecule has 0 spiro atoms. The molecule has 0 heterocycles. The quantitative estimate of drug-likeness (QED) is 0.723. The van der Waals surface area contributed by atoms with Gasteiger partial charge in [0.15, 0.2) is 5.78 Å². The zero-order valence-electron chi connectivity index (χ0n) is 9.29. The lowest BCUT2D eigenvalue weighted by atomic mass is 10.0. The topological polar surface area (TPSA) is 17.1 Å². The van der Waals surface area contributed by atoms with E-state index in [9.17, 15) is 4.79 Å². The molecule has 1 nitrogen and oxygen atoms in total. The summed E-state index contributed by atoms with van der Waals surface area (Å²) in [5.74, 6) is -0.0789. The highest BCUT2D eigenvalue weighted by atomic mass is 35.5. The fourth-order valence-corrected chi connectivity index (χ4v) is 2.27. The van der Waals surface area contributed by atoms with Crippen LogP contribution in [0.1, 0.15) is 15.9 Å². The van der Waals surface area contributed by atoms with Crippen LogP contribution in [-0.2, 0) is 6.42 Å². The molecule has 92 valence electrons.